The Labute approximate surface area is 153 Å². The van der Waals surface area contributed by atoms with Crippen LogP contribution in [-0.2, 0) is 11.3 Å². The van der Waals surface area contributed by atoms with Crippen molar-refractivity contribution in [2.75, 3.05) is 24.7 Å². The Bertz CT molecular complexity index is 644. The molecule has 2 heterocycles. The topological polar surface area (TPSA) is 58.1 Å². The number of amides is 1. The van der Waals surface area contributed by atoms with Gasteiger partial charge in [0.2, 0.25) is 11.0 Å². The minimum atomic E-state index is 0.0615. The molecular formula is C14H19ClN4OS3. The third-order valence-electron chi connectivity index (χ3n) is 2.83. The number of hydrogen-bond acceptors (Lipinski definition) is 7. The molecule has 0 aliphatic rings. The number of halogens is 1. The van der Waals surface area contributed by atoms with E-state index >= 15 is 0 Å². The summed E-state index contributed by atoms with van der Waals surface area (Å²) < 4.78 is 1.54. The van der Waals surface area contributed by atoms with Gasteiger partial charge in [0, 0.05) is 18.5 Å². The quantitative estimate of drug-likeness (QED) is 0.688. The summed E-state index contributed by atoms with van der Waals surface area (Å²) >= 11 is 10.3. The molecule has 9 heteroatoms. The molecule has 0 unspecified atom stereocenters. The van der Waals surface area contributed by atoms with Crippen molar-refractivity contribution in [3.05, 3.63) is 21.3 Å². The second-order valence-corrected chi connectivity index (χ2v) is 9.39. The van der Waals surface area contributed by atoms with Gasteiger partial charge in [-0.3, -0.25) is 4.79 Å². The molecular weight excluding hydrogens is 372 g/mol. The highest BCUT2D eigenvalue weighted by molar-refractivity contribution is 8.01. The van der Waals surface area contributed by atoms with Crippen LogP contribution in [0.3, 0.4) is 0 Å². The number of thioether (sulfide) groups is 1. The summed E-state index contributed by atoms with van der Waals surface area (Å²) in [6.07, 6.45) is 0. The molecule has 0 fully saturated rings. The molecule has 1 N–H and O–H groups in total. The summed E-state index contributed by atoms with van der Waals surface area (Å²) in [7, 11) is 1.80. The average molecular weight is 391 g/mol. The fourth-order valence-electron chi connectivity index (χ4n) is 1.62. The van der Waals surface area contributed by atoms with Gasteiger partial charge >= 0.3 is 0 Å². The van der Waals surface area contributed by atoms with Crippen LogP contribution in [0.15, 0.2) is 16.5 Å². The van der Waals surface area contributed by atoms with Crippen LogP contribution in [0.2, 0.25) is 4.34 Å². The number of thiophene rings is 1. The Kier molecular flexibility index (Phi) is 7.13. The molecule has 0 aromatic carbocycles. The van der Waals surface area contributed by atoms with Crippen LogP contribution in [0.25, 0.3) is 0 Å². The summed E-state index contributed by atoms with van der Waals surface area (Å²) in [4.78, 5) is 14.9. The maximum absolute atomic E-state index is 12.2. The summed E-state index contributed by atoms with van der Waals surface area (Å²) in [6, 6.07) is 3.79. The number of aromatic nitrogens is 2. The third-order valence-corrected chi connectivity index (χ3v) is 6.05. The van der Waals surface area contributed by atoms with Crippen molar-refractivity contribution in [2.45, 2.75) is 24.7 Å². The Balaban J connectivity index is 1.77. The molecule has 0 saturated heterocycles. The second kappa shape index (κ2) is 8.86. The first kappa shape index (κ1) is 18.5. The molecule has 2 aromatic heterocycles. The highest BCUT2D eigenvalue weighted by Gasteiger charge is 2.13. The SMILES string of the molecule is CC(C)CNc1nnc(SCC(=O)N(C)Cc2ccc(Cl)s2)s1. The van der Waals surface area contributed by atoms with E-state index in [2.05, 4.69) is 29.4 Å². The van der Waals surface area contributed by atoms with Crippen molar-refractivity contribution in [3.63, 3.8) is 0 Å². The van der Waals surface area contributed by atoms with E-state index in [0.717, 1.165) is 25.2 Å². The average Bonchev–Trinajstić information content (AvgIpc) is 3.11. The summed E-state index contributed by atoms with van der Waals surface area (Å²) in [5.74, 6) is 0.969. The lowest BCUT2D eigenvalue weighted by Gasteiger charge is -2.15. The zero-order valence-electron chi connectivity index (χ0n) is 13.2. The van der Waals surface area contributed by atoms with Crippen LogP contribution in [0.1, 0.15) is 18.7 Å². The molecule has 0 aliphatic heterocycles. The van der Waals surface area contributed by atoms with Gasteiger partial charge < -0.3 is 10.2 Å². The predicted octanol–water partition coefficient (Wildman–Crippen LogP) is 4.07. The number of carbonyl (C=O) groups is 1. The Morgan fingerprint density at radius 3 is 2.83 bits per heavy atom. The first-order chi connectivity index (χ1) is 10.9. The van der Waals surface area contributed by atoms with Crippen LogP contribution < -0.4 is 5.32 Å². The molecule has 23 heavy (non-hydrogen) atoms. The van der Waals surface area contributed by atoms with Crippen molar-refractivity contribution in [3.8, 4) is 0 Å². The molecule has 5 nitrogen and oxygen atoms in total. The zero-order chi connectivity index (χ0) is 16.8. The van der Waals surface area contributed by atoms with E-state index in [-0.39, 0.29) is 5.91 Å². The van der Waals surface area contributed by atoms with Gasteiger partial charge in [-0.2, -0.15) is 0 Å². The summed E-state index contributed by atoms with van der Waals surface area (Å²) in [5.41, 5.74) is 0. The zero-order valence-corrected chi connectivity index (χ0v) is 16.4. The van der Waals surface area contributed by atoms with E-state index in [1.165, 1.54) is 34.4 Å². The molecule has 1 amide bonds. The van der Waals surface area contributed by atoms with E-state index in [1.54, 1.807) is 11.9 Å². The van der Waals surface area contributed by atoms with Crippen molar-refractivity contribution >= 4 is 57.1 Å². The molecule has 0 atom stereocenters. The summed E-state index contributed by atoms with van der Waals surface area (Å²) in [5, 5.41) is 12.2. The van der Waals surface area contributed by atoms with E-state index < -0.39 is 0 Å². The fraction of sp³-hybridized carbons (Fsp3) is 0.500. The van der Waals surface area contributed by atoms with Gasteiger partial charge in [-0.15, -0.1) is 21.5 Å². The molecule has 0 radical (unpaired) electrons. The molecule has 0 spiro atoms. The Hall–Kier alpha value is -0.830. The van der Waals surface area contributed by atoms with Crippen LogP contribution in [-0.4, -0.2) is 40.3 Å². The number of rotatable bonds is 8. The number of nitrogens with one attached hydrogen (secondary N) is 1. The third kappa shape index (κ3) is 6.29. The second-order valence-electron chi connectivity index (χ2n) is 5.39. The minimum absolute atomic E-state index is 0.0615. The molecule has 0 saturated carbocycles. The Morgan fingerprint density at radius 1 is 1.39 bits per heavy atom. The van der Waals surface area contributed by atoms with E-state index in [4.69, 9.17) is 11.6 Å². The van der Waals surface area contributed by atoms with E-state index in [9.17, 15) is 4.79 Å². The highest BCUT2D eigenvalue weighted by atomic mass is 35.5. The van der Waals surface area contributed by atoms with Crippen molar-refractivity contribution in [1.82, 2.24) is 15.1 Å². The minimum Gasteiger partial charge on any atom is -0.360 e. The normalized spacial score (nSPS) is 11.0. The lowest BCUT2D eigenvalue weighted by molar-refractivity contribution is -0.127. The monoisotopic (exact) mass is 390 g/mol. The molecule has 0 bridgehead atoms. The Morgan fingerprint density at radius 2 is 2.17 bits per heavy atom. The lowest BCUT2D eigenvalue weighted by Crippen LogP contribution is -2.27. The van der Waals surface area contributed by atoms with E-state index in [1.807, 2.05) is 12.1 Å². The fourth-order valence-corrected chi connectivity index (χ4v) is 4.46. The van der Waals surface area contributed by atoms with E-state index in [0.29, 0.717) is 18.2 Å². The van der Waals surface area contributed by atoms with Gasteiger partial charge in [0.1, 0.15) is 0 Å². The van der Waals surface area contributed by atoms with Crippen LogP contribution in [0.4, 0.5) is 5.13 Å². The van der Waals surface area contributed by atoms with Gasteiger partial charge in [-0.25, -0.2) is 0 Å². The number of hydrogen-bond donors (Lipinski definition) is 1. The van der Waals surface area contributed by atoms with Crippen molar-refractivity contribution in [2.24, 2.45) is 5.92 Å². The van der Waals surface area contributed by atoms with Crippen molar-refractivity contribution < 1.29 is 4.79 Å². The highest BCUT2D eigenvalue weighted by Crippen LogP contribution is 2.26. The van der Waals surface area contributed by atoms with Crippen LogP contribution in [0.5, 0.6) is 0 Å². The lowest BCUT2D eigenvalue weighted by atomic mass is 10.2. The van der Waals surface area contributed by atoms with Gasteiger partial charge in [0.25, 0.3) is 0 Å². The van der Waals surface area contributed by atoms with Gasteiger partial charge in [0.05, 0.1) is 16.6 Å². The number of nitrogens with zero attached hydrogens (tertiary/aromatic N) is 3. The van der Waals surface area contributed by atoms with Crippen molar-refractivity contribution in [1.29, 1.82) is 0 Å². The first-order valence-electron chi connectivity index (χ1n) is 7.12. The molecule has 2 aromatic rings. The number of anilines is 1. The predicted molar refractivity (Wildman–Crippen MR) is 99.8 cm³/mol. The molecule has 0 aliphatic carbocycles. The van der Waals surface area contributed by atoms with Gasteiger partial charge in [-0.05, 0) is 18.1 Å². The largest absolute Gasteiger partial charge is 0.360 e. The van der Waals surface area contributed by atoms with Crippen LogP contribution >= 0.6 is 46.0 Å². The first-order valence-corrected chi connectivity index (χ1v) is 10.1. The van der Waals surface area contributed by atoms with Gasteiger partial charge in [0.15, 0.2) is 4.34 Å². The smallest absolute Gasteiger partial charge is 0.233 e. The van der Waals surface area contributed by atoms with Gasteiger partial charge in [-0.1, -0.05) is 48.5 Å². The maximum atomic E-state index is 12.2. The molecule has 2 rings (SSSR count). The maximum Gasteiger partial charge on any atom is 0.233 e. The molecule has 126 valence electrons. The number of carbonyl (C=O) groups excluding carboxylic acids is 1. The van der Waals surface area contributed by atoms with Crippen LogP contribution in [0, 0.1) is 5.92 Å². The standard InChI is InChI=1S/C14H19ClN4OS3/c1-9(2)6-16-13-17-18-14(23-13)21-8-12(20)19(3)7-10-4-5-11(15)22-10/h4-5,9H,6-8H2,1-3H3,(H,16,17). The summed E-state index contributed by atoms with van der Waals surface area (Å²) in [6.45, 7) is 5.72.